The van der Waals surface area contributed by atoms with Crippen molar-refractivity contribution in [3.63, 3.8) is 0 Å². The lowest BCUT2D eigenvalue weighted by Crippen LogP contribution is -2.41. The highest BCUT2D eigenvalue weighted by molar-refractivity contribution is 5.54. The molecule has 0 atom stereocenters. The fourth-order valence-corrected chi connectivity index (χ4v) is 3.53. The van der Waals surface area contributed by atoms with Crippen molar-refractivity contribution in [1.29, 1.82) is 0 Å². The summed E-state index contributed by atoms with van der Waals surface area (Å²) in [6, 6.07) is 10.3. The molecule has 0 unspecified atom stereocenters. The van der Waals surface area contributed by atoms with Gasteiger partial charge in [-0.3, -0.25) is 4.68 Å². The number of hydrogen-bond acceptors (Lipinski definition) is 3. The van der Waals surface area contributed by atoms with E-state index >= 15 is 0 Å². The van der Waals surface area contributed by atoms with Crippen LogP contribution >= 0.6 is 0 Å². The van der Waals surface area contributed by atoms with Crippen LogP contribution in [0.1, 0.15) is 38.4 Å². The van der Waals surface area contributed by atoms with Crippen LogP contribution in [0, 0.1) is 0 Å². The summed E-state index contributed by atoms with van der Waals surface area (Å²) in [6.45, 7) is 4.42. The van der Waals surface area contributed by atoms with Crippen LogP contribution in [0.4, 0.5) is 0 Å². The van der Waals surface area contributed by atoms with Crippen molar-refractivity contribution in [1.82, 2.24) is 20.1 Å². The van der Waals surface area contributed by atoms with Gasteiger partial charge in [-0.25, -0.2) is 4.98 Å². The normalized spacial score (nSPS) is 17.8. The summed E-state index contributed by atoms with van der Waals surface area (Å²) >= 11 is 0. The van der Waals surface area contributed by atoms with Gasteiger partial charge < -0.3 is 5.32 Å². The van der Waals surface area contributed by atoms with Gasteiger partial charge in [0.15, 0.2) is 5.82 Å². The molecule has 1 N–H and O–H groups in total. The van der Waals surface area contributed by atoms with Crippen LogP contribution in [0.25, 0.3) is 11.4 Å². The van der Waals surface area contributed by atoms with Gasteiger partial charge >= 0.3 is 0 Å². The maximum atomic E-state index is 4.92. The number of benzene rings is 1. The SMILES string of the molecule is CCCC1(c2nc(-c3ccccc3)nn2C)CCNCC1. The Kier molecular flexibility index (Phi) is 4.06. The maximum absolute atomic E-state index is 4.92. The molecule has 1 aliphatic rings. The molecule has 4 nitrogen and oxygen atoms in total. The highest BCUT2D eigenvalue weighted by atomic mass is 15.3. The van der Waals surface area contributed by atoms with Crippen molar-refractivity contribution in [2.24, 2.45) is 7.05 Å². The molecule has 3 rings (SSSR count). The van der Waals surface area contributed by atoms with Crippen LogP contribution in [0.15, 0.2) is 30.3 Å². The Morgan fingerprint density at radius 2 is 1.90 bits per heavy atom. The summed E-state index contributed by atoms with van der Waals surface area (Å²) in [5.74, 6) is 2.01. The van der Waals surface area contributed by atoms with Crippen LogP contribution in [-0.2, 0) is 12.5 Å². The number of rotatable bonds is 4. The molecule has 2 heterocycles. The number of hydrogen-bond donors (Lipinski definition) is 1. The zero-order chi connectivity index (χ0) is 14.7. The quantitative estimate of drug-likeness (QED) is 0.938. The zero-order valence-corrected chi connectivity index (χ0v) is 13.0. The topological polar surface area (TPSA) is 42.7 Å². The molecule has 1 aromatic heterocycles. The van der Waals surface area contributed by atoms with Crippen molar-refractivity contribution in [2.75, 3.05) is 13.1 Å². The molecule has 2 aromatic rings. The van der Waals surface area contributed by atoms with E-state index in [1.807, 2.05) is 29.9 Å². The van der Waals surface area contributed by atoms with Crippen LogP contribution in [0.5, 0.6) is 0 Å². The average Bonchev–Trinajstić information content (AvgIpc) is 2.92. The number of aromatic nitrogens is 3. The molecule has 1 fully saturated rings. The minimum absolute atomic E-state index is 0.189. The highest BCUT2D eigenvalue weighted by Crippen LogP contribution is 2.37. The summed E-state index contributed by atoms with van der Waals surface area (Å²) in [5.41, 5.74) is 1.29. The molecule has 0 spiro atoms. The molecule has 0 radical (unpaired) electrons. The van der Waals surface area contributed by atoms with E-state index in [-0.39, 0.29) is 5.41 Å². The molecule has 0 amide bonds. The lowest BCUT2D eigenvalue weighted by molar-refractivity contribution is 0.262. The molecule has 1 saturated heterocycles. The standard InChI is InChI=1S/C17H24N4/c1-3-9-17(10-12-18-13-11-17)16-19-15(20-21(16)2)14-7-5-4-6-8-14/h4-8,18H,3,9-13H2,1-2H3. The molecule has 0 bridgehead atoms. The first-order valence-electron chi connectivity index (χ1n) is 7.93. The van der Waals surface area contributed by atoms with Crippen LogP contribution in [-0.4, -0.2) is 27.9 Å². The first-order valence-corrected chi connectivity index (χ1v) is 7.93. The lowest BCUT2D eigenvalue weighted by atomic mass is 9.74. The van der Waals surface area contributed by atoms with Crippen molar-refractivity contribution in [3.05, 3.63) is 36.2 Å². The molecule has 1 aromatic carbocycles. The Hall–Kier alpha value is -1.68. The van der Waals surface area contributed by atoms with Crippen molar-refractivity contribution in [3.8, 4) is 11.4 Å². The Morgan fingerprint density at radius 3 is 2.57 bits per heavy atom. The molecule has 112 valence electrons. The lowest BCUT2D eigenvalue weighted by Gasteiger charge is -2.36. The molecule has 21 heavy (non-hydrogen) atoms. The van der Waals surface area contributed by atoms with E-state index in [9.17, 15) is 0 Å². The molecular formula is C17H24N4. The third-order valence-corrected chi connectivity index (χ3v) is 4.56. The van der Waals surface area contributed by atoms with E-state index in [1.165, 1.54) is 12.8 Å². The number of piperidine rings is 1. The molecule has 0 aliphatic carbocycles. The third-order valence-electron chi connectivity index (χ3n) is 4.56. The van der Waals surface area contributed by atoms with Gasteiger partial charge in [0.05, 0.1) is 0 Å². The highest BCUT2D eigenvalue weighted by Gasteiger charge is 2.37. The summed E-state index contributed by atoms with van der Waals surface area (Å²) in [4.78, 5) is 4.92. The zero-order valence-electron chi connectivity index (χ0n) is 13.0. The van der Waals surface area contributed by atoms with E-state index in [0.717, 1.165) is 43.1 Å². The minimum atomic E-state index is 0.189. The summed E-state index contributed by atoms with van der Waals surface area (Å²) in [6.07, 6.45) is 4.69. The Labute approximate surface area is 126 Å². The van der Waals surface area contributed by atoms with E-state index in [0.29, 0.717) is 0 Å². The van der Waals surface area contributed by atoms with Gasteiger partial charge in [0.25, 0.3) is 0 Å². The second-order valence-electron chi connectivity index (χ2n) is 6.03. The molecular weight excluding hydrogens is 260 g/mol. The van der Waals surface area contributed by atoms with Gasteiger partial charge in [-0.05, 0) is 32.4 Å². The van der Waals surface area contributed by atoms with Gasteiger partial charge in [-0.15, -0.1) is 0 Å². The molecule has 1 aliphatic heterocycles. The average molecular weight is 284 g/mol. The van der Waals surface area contributed by atoms with Crippen molar-refractivity contribution < 1.29 is 0 Å². The fraction of sp³-hybridized carbons (Fsp3) is 0.529. The van der Waals surface area contributed by atoms with Crippen LogP contribution < -0.4 is 5.32 Å². The van der Waals surface area contributed by atoms with Gasteiger partial charge in [0.1, 0.15) is 5.82 Å². The van der Waals surface area contributed by atoms with E-state index < -0.39 is 0 Å². The summed E-state index contributed by atoms with van der Waals surface area (Å²) in [7, 11) is 2.04. The summed E-state index contributed by atoms with van der Waals surface area (Å²) in [5, 5.41) is 8.14. The van der Waals surface area contributed by atoms with Crippen LogP contribution in [0.3, 0.4) is 0 Å². The largest absolute Gasteiger partial charge is 0.317 e. The van der Waals surface area contributed by atoms with Crippen molar-refractivity contribution >= 4 is 0 Å². The second-order valence-corrected chi connectivity index (χ2v) is 6.03. The summed E-state index contributed by atoms with van der Waals surface area (Å²) < 4.78 is 2.00. The number of nitrogens with zero attached hydrogens (tertiary/aromatic N) is 3. The first-order chi connectivity index (χ1) is 10.2. The maximum Gasteiger partial charge on any atom is 0.181 e. The monoisotopic (exact) mass is 284 g/mol. The van der Waals surface area contributed by atoms with Crippen molar-refractivity contribution in [2.45, 2.75) is 38.0 Å². The van der Waals surface area contributed by atoms with E-state index in [2.05, 4.69) is 29.5 Å². The first kappa shape index (κ1) is 14.3. The van der Waals surface area contributed by atoms with Gasteiger partial charge in [-0.2, -0.15) is 5.10 Å². The van der Waals surface area contributed by atoms with Gasteiger partial charge in [-0.1, -0.05) is 43.7 Å². The number of nitrogens with one attached hydrogen (secondary N) is 1. The molecule has 4 heteroatoms. The minimum Gasteiger partial charge on any atom is -0.317 e. The van der Waals surface area contributed by atoms with Crippen LogP contribution in [0.2, 0.25) is 0 Å². The predicted molar refractivity (Wildman–Crippen MR) is 85.1 cm³/mol. The van der Waals surface area contributed by atoms with Gasteiger partial charge in [0.2, 0.25) is 0 Å². The third kappa shape index (κ3) is 2.72. The fourth-order valence-electron chi connectivity index (χ4n) is 3.53. The Balaban J connectivity index is 1.99. The second kappa shape index (κ2) is 5.98. The smallest absolute Gasteiger partial charge is 0.181 e. The predicted octanol–water partition coefficient (Wildman–Crippen LogP) is 2.90. The number of aryl methyl sites for hydroxylation is 1. The molecule has 0 saturated carbocycles. The van der Waals surface area contributed by atoms with E-state index in [4.69, 9.17) is 4.98 Å². The van der Waals surface area contributed by atoms with Gasteiger partial charge in [0, 0.05) is 18.0 Å². The Bertz CT molecular complexity index is 577. The van der Waals surface area contributed by atoms with E-state index in [1.54, 1.807) is 0 Å². The Morgan fingerprint density at radius 1 is 1.19 bits per heavy atom.